The molecule has 0 aliphatic carbocycles. The van der Waals surface area contributed by atoms with E-state index >= 15 is 0 Å². The number of methoxy groups -OCH3 is 1. The topological polar surface area (TPSA) is 81.5 Å². The summed E-state index contributed by atoms with van der Waals surface area (Å²) in [5.74, 6) is 0.193. The van der Waals surface area contributed by atoms with Crippen molar-refractivity contribution in [3.63, 3.8) is 0 Å². The van der Waals surface area contributed by atoms with Gasteiger partial charge in [0.25, 0.3) is 11.6 Å². The highest BCUT2D eigenvalue weighted by molar-refractivity contribution is 7.98. The van der Waals surface area contributed by atoms with E-state index in [4.69, 9.17) is 4.74 Å². The number of nitrogens with one attached hydrogen (secondary N) is 1. The van der Waals surface area contributed by atoms with Gasteiger partial charge >= 0.3 is 0 Å². The highest BCUT2D eigenvalue weighted by atomic mass is 32.2. The van der Waals surface area contributed by atoms with Gasteiger partial charge in [-0.05, 0) is 65.9 Å². The number of hydrogen-bond donors (Lipinski definition) is 1. The third-order valence-corrected chi connectivity index (χ3v) is 4.96. The van der Waals surface area contributed by atoms with E-state index in [-0.39, 0.29) is 11.4 Å². The van der Waals surface area contributed by atoms with Gasteiger partial charge in [0.15, 0.2) is 0 Å². The van der Waals surface area contributed by atoms with Crippen molar-refractivity contribution in [3.05, 3.63) is 82.4 Å². The number of thioether (sulfide) groups is 1. The number of benzene rings is 3. The van der Waals surface area contributed by atoms with E-state index in [9.17, 15) is 14.9 Å². The van der Waals surface area contributed by atoms with Crippen molar-refractivity contribution in [2.75, 3.05) is 18.7 Å². The summed E-state index contributed by atoms with van der Waals surface area (Å²) in [7, 11) is 1.54. The van der Waals surface area contributed by atoms with E-state index in [2.05, 4.69) is 5.32 Å². The Labute approximate surface area is 166 Å². The number of amides is 1. The second kappa shape index (κ2) is 8.58. The summed E-state index contributed by atoms with van der Waals surface area (Å²) in [6, 6.07) is 19.1. The molecule has 0 bridgehead atoms. The molecule has 0 radical (unpaired) electrons. The fraction of sp³-hybridized carbons (Fsp3) is 0.0952. The Balaban J connectivity index is 1.92. The molecule has 0 aliphatic rings. The minimum absolute atomic E-state index is 0.150. The van der Waals surface area contributed by atoms with Crippen LogP contribution in [0.4, 0.5) is 11.4 Å². The predicted molar refractivity (Wildman–Crippen MR) is 111 cm³/mol. The summed E-state index contributed by atoms with van der Waals surface area (Å²) < 4.78 is 5.08. The zero-order valence-electron chi connectivity index (χ0n) is 15.3. The first-order valence-electron chi connectivity index (χ1n) is 8.40. The van der Waals surface area contributed by atoms with Crippen molar-refractivity contribution in [3.8, 4) is 16.9 Å². The normalized spacial score (nSPS) is 10.4. The maximum Gasteiger partial charge on any atom is 0.292 e. The molecule has 6 nitrogen and oxygen atoms in total. The Kier molecular flexibility index (Phi) is 5.96. The minimum atomic E-state index is -0.510. The van der Waals surface area contributed by atoms with Crippen molar-refractivity contribution in [2.24, 2.45) is 0 Å². The number of nitrogens with zero attached hydrogens (tertiary/aromatic N) is 1. The summed E-state index contributed by atoms with van der Waals surface area (Å²) in [6.07, 6.45) is 1.99. The fourth-order valence-corrected chi connectivity index (χ4v) is 3.10. The average Bonchev–Trinajstić information content (AvgIpc) is 2.73. The van der Waals surface area contributed by atoms with Crippen LogP contribution in [0.15, 0.2) is 71.6 Å². The van der Waals surface area contributed by atoms with Crippen LogP contribution in [0.5, 0.6) is 5.75 Å². The van der Waals surface area contributed by atoms with Crippen LogP contribution in [0.3, 0.4) is 0 Å². The Bertz CT molecular complexity index is 1000. The Morgan fingerprint density at radius 2 is 1.64 bits per heavy atom. The third-order valence-electron chi connectivity index (χ3n) is 4.22. The van der Waals surface area contributed by atoms with Crippen molar-refractivity contribution >= 4 is 29.0 Å². The number of rotatable bonds is 6. The molecule has 0 aromatic heterocycles. The van der Waals surface area contributed by atoms with E-state index in [0.717, 1.165) is 16.0 Å². The number of nitro benzene ring substituents is 1. The van der Waals surface area contributed by atoms with E-state index in [1.54, 1.807) is 48.2 Å². The van der Waals surface area contributed by atoms with Gasteiger partial charge in [0.1, 0.15) is 11.4 Å². The zero-order valence-corrected chi connectivity index (χ0v) is 16.2. The van der Waals surface area contributed by atoms with E-state index in [1.165, 1.54) is 13.2 Å². The summed E-state index contributed by atoms with van der Waals surface area (Å²) in [5.41, 5.74) is 2.06. The number of hydrogen-bond acceptors (Lipinski definition) is 5. The van der Waals surface area contributed by atoms with E-state index < -0.39 is 10.8 Å². The first kappa shape index (κ1) is 19.4. The Morgan fingerprint density at radius 1 is 1.00 bits per heavy atom. The van der Waals surface area contributed by atoms with Crippen molar-refractivity contribution in [2.45, 2.75) is 4.90 Å². The van der Waals surface area contributed by atoms with Crippen LogP contribution >= 0.6 is 11.8 Å². The highest BCUT2D eigenvalue weighted by Crippen LogP contribution is 2.31. The van der Waals surface area contributed by atoms with E-state index in [0.29, 0.717) is 11.3 Å². The molecular formula is C21H18N2O4S. The van der Waals surface area contributed by atoms with Gasteiger partial charge in [0.05, 0.1) is 12.0 Å². The molecule has 3 aromatic carbocycles. The van der Waals surface area contributed by atoms with Crippen LogP contribution in [0, 0.1) is 10.1 Å². The molecule has 0 spiro atoms. The van der Waals surface area contributed by atoms with Gasteiger partial charge in [-0.25, -0.2) is 0 Å². The fourth-order valence-electron chi connectivity index (χ4n) is 2.70. The quantitative estimate of drug-likeness (QED) is 0.351. The molecule has 0 heterocycles. The first-order valence-corrected chi connectivity index (χ1v) is 9.62. The lowest BCUT2D eigenvalue weighted by Crippen LogP contribution is -2.13. The average molecular weight is 394 g/mol. The minimum Gasteiger partial charge on any atom is -0.497 e. The summed E-state index contributed by atoms with van der Waals surface area (Å²) in [5, 5.41) is 14.0. The van der Waals surface area contributed by atoms with Crippen LogP contribution in [0.2, 0.25) is 0 Å². The molecule has 0 saturated carbocycles. The van der Waals surface area contributed by atoms with Gasteiger partial charge in [-0.1, -0.05) is 12.1 Å². The van der Waals surface area contributed by atoms with Crippen LogP contribution in [-0.2, 0) is 0 Å². The van der Waals surface area contributed by atoms with Crippen molar-refractivity contribution in [1.82, 2.24) is 0 Å². The van der Waals surface area contributed by atoms with Crippen molar-refractivity contribution in [1.29, 1.82) is 0 Å². The summed E-state index contributed by atoms with van der Waals surface area (Å²) in [6.45, 7) is 0. The van der Waals surface area contributed by atoms with Gasteiger partial charge in [0.2, 0.25) is 0 Å². The number of anilines is 1. The van der Waals surface area contributed by atoms with Gasteiger partial charge in [-0.15, -0.1) is 11.8 Å². The Morgan fingerprint density at radius 3 is 2.21 bits per heavy atom. The highest BCUT2D eigenvalue weighted by Gasteiger charge is 2.18. The number of ether oxygens (including phenoxy) is 1. The molecule has 0 saturated heterocycles. The van der Waals surface area contributed by atoms with Crippen LogP contribution in [-0.4, -0.2) is 24.2 Å². The molecule has 1 amide bonds. The molecule has 3 aromatic rings. The third kappa shape index (κ3) is 4.32. The lowest BCUT2D eigenvalue weighted by atomic mass is 10.0. The molecular weight excluding hydrogens is 376 g/mol. The molecule has 0 unspecified atom stereocenters. The maximum absolute atomic E-state index is 12.5. The molecule has 3 rings (SSSR count). The standard InChI is InChI=1S/C21H18N2O4S/c1-27-17-8-3-15(4-9-17)21(24)22-19-13-16(7-12-20(19)23(25)26)14-5-10-18(28-2)11-6-14/h3-13H,1-2H3,(H,22,24). The van der Waals surface area contributed by atoms with Crippen molar-refractivity contribution < 1.29 is 14.5 Å². The molecule has 28 heavy (non-hydrogen) atoms. The largest absolute Gasteiger partial charge is 0.497 e. The van der Waals surface area contributed by atoms with Crippen LogP contribution < -0.4 is 10.1 Å². The summed E-state index contributed by atoms with van der Waals surface area (Å²) in [4.78, 5) is 24.5. The van der Waals surface area contributed by atoms with Gasteiger partial charge in [-0.2, -0.15) is 0 Å². The molecule has 142 valence electrons. The second-order valence-corrected chi connectivity index (χ2v) is 6.78. The molecule has 0 aliphatic heterocycles. The monoisotopic (exact) mass is 394 g/mol. The van der Waals surface area contributed by atoms with Gasteiger partial charge < -0.3 is 10.1 Å². The number of nitro groups is 1. The van der Waals surface area contributed by atoms with Crippen LogP contribution in [0.1, 0.15) is 10.4 Å². The first-order chi connectivity index (χ1) is 13.5. The zero-order chi connectivity index (χ0) is 20.1. The predicted octanol–water partition coefficient (Wildman–Crippen LogP) is 5.24. The maximum atomic E-state index is 12.5. The number of carbonyl (C=O) groups excluding carboxylic acids is 1. The SMILES string of the molecule is COc1ccc(C(=O)Nc2cc(-c3ccc(SC)cc3)ccc2[N+](=O)[O-])cc1. The molecule has 0 atom stereocenters. The molecule has 1 N–H and O–H groups in total. The molecule has 7 heteroatoms. The smallest absolute Gasteiger partial charge is 0.292 e. The lowest BCUT2D eigenvalue weighted by Gasteiger charge is -2.10. The van der Waals surface area contributed by atoms with Crippen LogP contribution in [0.25, 0.3) is 11.1 Å². The number of carbonyl (C=O) groups is 1. The second-order valence-electron chi connectivity index (χ2n) is 5.90. The van der Waals surface area contributed by atoms with Gasteiger partial charge in [0, 0.05) is 16.5 Å². The van der Waals surface area contributed by atoms with Gasteiger partial charge in [-0.3, -0.25) is 14.9 Å². The Hall–Kier alpha value is -3.32. The van der Waals surface area contributed by atoms with E-state index in [1.807, 2.05) is 30.5 Å². The molecule has 0 fully saturated rings. The summed E-state index contributed by atoms with van der Waals surface area (Å²) >= 11 is 1.64. The lowest BCUT2D eigenvalue weighted by molar-refractivity contribution is -0.383.